The first kappa shape index (κ1) is 25.9. The van der Waals surface area contributed by atoms with Crippen molar-refractivity contribution < 1.29 is 14.3 Å². The number of ether oxygens (including phenoxy) is 2. The van der Waals surface area contributed by atoms with Gasteiger partial charge in [0.2, 0.25) is 5.95 Å². The molecule has 1 fully saturated rings. The molecule has 0 radical (unpaired) electrons. The van der Waals surface area contributed by atoms with Gasteiger partial charge in [-0.05, 0) is 68.1 Å². The van der Waals surface area contributed by atoms with Gasteiger partial charge in [-0.1, -0.05) is 29.8 Å². The number of aryl methyl sites for hydroxylation is 2. The fourth-order valence-corrected chi connectivity index (χ4v) is 4.33. The number of hydrogen-bond donors (Lipinski definition) is 1. The van der Waals surface area contributed by atoms with E-state index in [0.29, 0.717) is 30.0 Å². The van der Waals surface area contributed by atoms with Crippen molar-refractivity contribution in [2.24, 2.45) is 5.41 Å². The molecule has 10 nitrogen and oxygen atoms in total. The molecule has 200 valence electrons. The Labute approximate surface area is 224 Å². The number of carbonyl (C=O) groups excluding carboxylic acids is 1. The van der Waals surface area contributed by atoms with E-state index in [0.717, 1.165) is 21.3 Å². The van der Waals surface area contributed by atoms with Crippen LogP contribution in [0.2, 0.25) is 0 Å². The molecule has 2 aromatic carbocycles. The molecule has 0 amide bonds. The second-order valence-corrected chi connectivity index (χ2v) is 9.88. The van der Waals surface area contributed by atoms with Gasteiger partial charge in [-0.25, -0.2) is 14.2 Å². The van der Waals surface area contributed by atoms with Crippen molar-refractivity contribution in [3.05, 3.63) is 105 Å². The summed E-state index contributed by atoms with van der Waals surface area (Å²) < 4.78 is 13.2. The van der Waals surface area contributed by atoms with Crippen LogP contribution < -0.4 is 21.4 Å². The number of nitrogens with zero attached hydrogens (tertiary/aromatic N) is 4. The summed E-state index contributed by atoms with van der Waals surface area (Å²) in [6.07, 6.45) is 4.48. The highest BCUT2D eigenvalue weighted by molar-refractivity contribution is 5.79. The van der Waals surface area contributed by atoms with E-state index in [1.54, 1.807) is 36.7 Å². The molecule has 5 rings (SSSR count). The fourth-order valence-electron chi connectivity index (χ4n) is 4.33. The molecule has 0 aliphatic heterocycles. The van der Waals surface area contributed by atoms with Gasteiger partial charge in [0, 0.05) is 18.4 Å². The summed E-state index contributed by atoms with van der Waals surface area (Å²) >= 11 is 0. The maximum absolute atomic E-state index is 13.6. The molecule has 2 heterocycles. The van der Waals surface area contributed by atoms with E-state index in [9.17, 15) is 14.4 Å². The third kappa shape index (κ3) is 5.74. The Bertz CT molecular complexity index is 1620. The van der Waals surface area contributed by atoms with E-state index in [4.69, 9.17) is 9.47 Å². The van der Waals surface area contributed by atoms with Crippen molar-refractivity contribution in [2.45, 2.75) is 39.8 Å². The zero-order valence-electron chi connectivity index (χ0n) is 22.0. The molecule has 1 N–H and O–H groups in total. The highest BCUT2D eigenvalue weighted by Gasteiger charge is 2.52. The highest BCUT2D eigenvalue weighted by Crippen LogP contribution is 2.47. The number of benzene rings is 2. The number of anilines is 2. The van der Waals surface area contributed by atoms with Gasteiger partial charge in [-0.2, -0.15) is 4.98 Å². The summed E-state index contributed by atoms with van der Waals surface area (Å²) in [7, 11) is 1.31. The maximum Gasteiger partial charge on any atom is 0.354 e. The van der Waals surface area contributed by atoms with E-state index in [-0.39, 0.29) is 19.0 Å². The number of carbonyl (C=O) groups is 1. The fraction of sp³-hybridized carbons (Fsp3) is 0.276. The van der Waals surface area contributed by atoms with Crippen LogP contribution in [0.15, 0.2) is 76.6 Å². The van der Waals surface area contributed by atoms with Crippen LogP contribution >= 0.6 is 0 Å². The molecule has 1 aliphatic carbocycles. The van der Waals surface area contributed by atoms with Crippen LogP contribution in [-0.4, -0.2) is 32.2 Å². The second-order valence-electron chi connectivity index (χ2n) is 9.88. The van der Waals surface area contributed by atoms with E-state index in [1.807, 2.05) is 44.2 Å². The number of hydrogen-bond acceptors (Lipinski definition) is 8. The first-order chi connectivity index (χ1) is 18.8. The van der Waals surface area contributed by atoms with Crippen LogP contribution in [0.4, 0.5) is 11.6 Å². The molecule has 4 aromatic rings. The van der Waals surface area contributed by atoms with Gasteiger partial charge in [-0.15, -0.1) is 0 Å². The average Bonchev–Trinajstić information content (AvgIpc) is 3.71. The van der Waals surface area contributed by atoms with Gasteiger partial charge in [0.1, 0.15) is 11.5 Å². The SMILES string of the molecule is COC(=O)C1(Cn2c(=O)nc(Nc3ccc(Oc4cncc(C)c4)cc3)n(Cc3ccc(C)cc3)c2=O)CC1. The Morgan fingerprint density at radius 3 is 2.31 bits per heavy atom. The van der Waals surface area contributed by atoms with Crippen molar-refractivity contribution >= 4 is 17.6 Å². The lowest BCUT2D eigenvalue weighted by Gasteiger charge is -2.18. The molecule has 0 atom stereocenters. The molecule has 1 aliphatic rings. The van der Waals surface area contributed by atoms with Crippen LogP contribution in [0.1, 0.15) is 29.5 Å². The molecule has 0 bridgehead atoms. The molecular formula is C29H29N5O5. The minimum absolute atomic E-state index is 0.0711. The normalized spacial score (nSPS) is 13.5. The van der Waals surface area contributed by atoms with Gasteiger partial charge < -0.3 is 14.8 Å². The van der Waals surface area contributed by atoms with E-state index >= 15 is 0 Å². The molecule has 2 aromatic heterocycles. The van der Waals surface area contributed by atoms with Crippen LogP contribution in [0, 0.1) is 19.3 Å². The average molecular weight is 528 g/mol. The number of pyridine rings is 1. The number of esters is 1. The molecule has 1 saturated carbocycles. The molecule has 10 heteroatoms. The lowest BCUT2D eigenvalue weighted by Crippen LogP contribution is -2.45. The third-order valence-electron chi connectivity index (χ3n) is 6.74. The Morgan fingerprint density at radius 1 is 0.949 bits per heavy atom. The zero-order chi connectivity index (χ0) is 27.6. The van der Waals surface area contributed by atoms with Crippen LogP contribution in [-0.2, 0) is 22.6 Å². The Hall–Kier alpha value is -4.73. The van der Waals surface area contributed by atoms with Gasteiger partial charge in [0.15, 0.2) is 0 Å². The molecule has 39 heavy (non-hydrogen) atoms. The van der Waals surface area contributed by atoms with Crippen LogP contribution in [0.5, 0.6) is 11.5 Å². The Kier molecular flexibility index (Phi) is 7.02. The standard InChI is InChI=1S/C29H29N5O5/c1-19-4-6-21(7-5-19)17-33-26(32-27(36)34(28(33)37)18-29(12-13-29)25(35)38-3)31-22-8-10-23(11-9-22)39-24-14-20(2)15-30-16-24/h4-11,14-16H,12-13,17-18H2,1-3H3,(H,31,32,36). The maximum atomic E-state index is 13.6. The summed E-state index contributed by atoms with van der Waals surface area (Å²) in [6.45, 7) is 4.03. The molecule has 0 spiro atoms. The minimum Gasteiger partial charge on any atom is -0.469 e. The smallest absolute Gasteiger partial charge is 0.354 e. The van der Waals surface area contributed by atoms with Crippen molar-refractivity contribution in [2.75, 3.05) is 12.4 Å². The van der Waals surface area contributed by atoms with Gasteiger partial charge in [-0.3, -0.25) is 14.3 Å². The summed E-state index contributed by atoms with van der Waals surface area (Å²) in [5.74, 6) is 0.894. The van der Waals surface area contributed by atoms with E-state index in [1.165, 1.54) is 11.7 Å². The topological polar surface area (TPSA) is 117 Å². The van der Waals surface area contributed by atoms with Crippen molar-refractivity contribution in [1.29, 1.82) is 0 Å². The number of nitrogens with one attached hydrogen (secondary N) is 1. The number of aromatic nitrogens is 4. The first-order valence-corrected chi connectivity index (χ1v) is 12.6. The van der Waals surface area contributed by atoms with E-state index < -0.39 is 22.8 Å². The lowest BCUT2D eigenvalue weighted by molar-refractivity contribution is -0.147. The van der Waals surface area contributed by atoms with Crippen molar-refractivity contribution in [1.82, 2.24) is 19.1 Å². The van der Waals surface area contributed by atoms with Crippen molar-refractivity contribution in [3.63, 3.8) is 0 Å². The molecule has 0 saturated heterocycles. The monoisotopic (exact) mass is 527 g/mol. The summed E-state index contributed by atoms with van der Waals surface area (Å²) in [5, 5.41) is 3.10. The quantitative estimate of drug-likeness (QED) is 0.325. The number of rotatable bonds is 9. The Balaban J connectivity index is 1.46. The zero-order valence-corrected chi connectivity index (χ0v) is 22.0. The summed E-state index contributed by atoms with van der Waals surface area (Å²) in [4.78, 5) is 47.3. The van der Waals surface area contributed by atoms with Crippen LogP contribution in [0.3, 0.4) is 0 Å². The van der Waals surface area contributed by atoms with Gasteiger partial charge >= 0.3 is 17.3 Å². The second kappa shape index (κ2) is 10.6. The van der Waals surface area contributed by atoms with Gasteiger partial charge in [0.05, 0.1) is 25.3 Å². The highest BCUT2D eigenvalue weighted by atomic mass is 16.5. The third-order valence-corrected chi connectivity index (χ3v) is 6.74. The lowest BCUT2D eigenvalue weighted by atomic mass is 10.1. The predicted molar refractivity (Wildman–Crippen MR) is 145 cm³/mol. The largest absolute Gasteiger partial charge is 0.469 e. The predicted octanol–water partition coefficient (Wildman–Crippen LogP) is 3.95. The first-order valence-electron chi connectivity index (χ1n) is 12.6. The van der Waals surface area contributed by atoms with Crippen LogP contribution in [0.25, 0.3) is 0 Å². The van der Waals surface area contributed by atoms with Crippen molar-refractivity contribution in [3.8, 4) is 11.5 Å². The summed E-state index contributed by atoms with van der Waals surface area (Å²) in [6, 6.07) is 16.7. The minimum atomic E-state index is -0.862. The van der Waals surface area contributed by atoms with E-state index in [2.05, 4.69) is 15.3 Å². The van der Waals surface area contributed by atoms with Gasteiger partial charge in [0.25, 0.3) is 0 Å². The molecule has 0 unspecified atom stereocenters. The Morgan fingerprint density at radius 2 is 1.67 bits per heavy atom. The number of methoxy groups -OCH3 is 1. The summed E-state index contributed by atoms with van der Waals surface area (Å²) in [5.41, 5.74) is 1.40. The molecular weight excluding hydrogens is 498 g/mol.